The monoisotopic (exact) mass is 238 g/mol. The highest BCUT2D eigenvalue weighted by atomic mass is 16.1. The second-order valence-electron chi connectivity index (χ2n) is 3.88. The van der Waals surface area contributed by atoms with Gasteiger partial charge in [0.05, 0.1) is 0 Å². The summed E-state index contributed by atoms with van der Waals surface area (Å²) in [7, 11) is 0. The van der Waals surface area contributed by atoms with Crippen LogP contribution < -0.4 is 0 Å². The van der Waals surface area contributed by atoms with Gasteiger partial charge in [0.2, 0.25) is 0 Å². The molecule has 0 atom stereocenters. The minimum absolute atomic E-state index is 0.814. The van der Waals surface area contributed by atoms with Crippen LogP contribution in [0.25, 0.3) is 6.08 Å². The summed E-state index contributed by atoms with van der Waals surface area (Å²) >= 11 is 0. The molecule has 0 N–H and O–H groups in total. The van der Waals surface area contributed by atoms with Gasteiger partial charge >= 0.3 is 0 Å². The third-order valence-electron chi connectivity index (χ3n) is 2.40. The van der Waals surface area contributed by atoms with Gasteiger partial charge in [0.1, 0.15) is 6.29 Å². The smallest absolute Gasteiger partial charge is 0.142 e. The molecular formula is C17H18O. The van der Waals surface area contributed by atoms with Gasteiger partial charge in [-0.3, -0.25) is 4.79 Å². The zero-order valence-electron chi connectivity index (χ0n) is 10.5. The van der Waals surface area contributed by atoms with Crippen molar-refractivity contribution in [2.45, 2.75) is 25.7 Å². The van der Waals surface area contributed by atoms with E-state index in [1.807, 2.05) is 36.4 Å². The molecule has 18 heavy (non-hydrogen) atoms. The van der Waals surface area contributed by atoms with Crippen molar-refractivity contribution in [3.63, 3.8) is 0 Å². The number of unbranched alkanes of at least 4 members (excludes halogenated alkanes) is 3. The first kappa shape index (κ1) is 14.0. The number of aldehydes is 1. The summed E-state index contributed by atoms with van der Waals surface area (Å²) < 4.78 is 0. The van der Waals surface area contributed by atoms with Gasteiger partial charge in [-0.15, -0.1) is 0 Å². The predicted octanol–water partition coefficient (Wildman–Crippen LogP) is 4.02. The van der Waals surface area contributed by atoms with Gasteiger partial charge in [0.15, 0.2) is 0 Å². The van der Waals surface area contributed by atoms with Crippen LogP contribution >= 0.6 is 0 Å². The number of carbonyl (C=O) groups excluding carboxylic acids is 1. The molecule has 0 amide bonds. The number of allylic oxidation sites excluding steroid dienone is 3. The molecule has 1 aromatic carbocycles. The minimum Gasteiger partial charge on any atom is -0.299 e. The fraction of sp³-hybridized carbons (Fsp3) is 0.235. The molecule has 0 aliphatic heterocycles. The molecule has 1 rings (SSSR count). The van der Waals surface area contributed by atoms with Crippen LogP contribution in [0.3, 0.4) is 0 Å². The Morgan fingerprint density at radius 2 is 1.94 bits per heavy atom. The first-order chi connectivity index (χ1) is 8.93. The first-order valence-corrected chi connectivity index (χ1v) is 6.24. The van der Waals surface area contributed by atoms with Crippen LogP contribution in [0.2, 0.25) is 0 Å². The SMILES string of the molecule is O=C/C=C/CCCCC#C/C=C/c1ccccc1. The fourth-order valence-corrected chi connectivity index (χ4v) is 1.46. The fourth-order valence-electron chi connectivity index (χ4n) is 1.46. The van der Waals surface area contributed by atoms with Crippen molar-refractivity contribution in [2.75, 3.05) is 0 Å². The Labute approximate surface area is 109 Å². The number of carbonyl (C=O) groups is 1. The lowest BCUT2D eigenvalue weighted by Crippen LogP contribution is -1.73. The van der Waals surface area contributed by atoms with E-state index in [1.54, 1.807) is 6.08 Å². The molecule has 0 bridgehead atoms. The van der Waals surface area contributed by atoms with Gasteiger partial charge in [0, 0.05) is 6.42 Å². The molecule has 0 radical (unpaired) electrons. The molecule has 1 nitrogen and oxygen atoms in total. The minimum atomic E-state index is 0.814. The molecule has 0 saturated heterocycles. The van der Waals surface area contributed by atoms with Crippen molar-refractivity contribution in [3.8, 4) is 11.8 Å². The summed E-state index contributed by atoms with van der Waals surface area (Å²) in [6.45, 7) is 0. The zero-order valence-corrected chi connectivity index (χ0v) is 10.5. The number of hydrogen-bond acceptors (Lipinski definition) is 1. The van der Waals surface area contributed by atoms with E-state index in [2.05, 4.69) is 24.0 Å². The molecule has 0 aromatic heterocycles. The van der Waals surface area contributed by atoms with E-state index in [1.165, 1.54) is 5.56 Å². The Balaban J connectivity index is 2.13. The molecular weight excluding hydrogens is 220 g/mol. The van der Waals surface area contributed by atoms with Gasteiger partial charge < -0.3 is 0 Å². The maximum atomic E-state index is 10.0. The maximum Gasteiger partial charge on any atom is 0.142 e. The highest BCUT2D eigenvalue weighted by molar-refractivity contribution is 5.64. The average molecular weight is 238 g/mol. The second-order valence-corrected chi connectivity index (χ2v) is 3.88. The molecule has 0 aliphatic carbocycles. The van der Waals surface area contributed by atoms with E-state index in [4.69, 9.17) is 0 Å². The highest BCUT2D eigenvalue weighted by Crippen LogP contribution is 2.01. The van der Waals surface area contributed by atoms with Gasteiger partial charge in [0.25, 0.3) is 0 Å². The van der Waals surface area contributed by atoms with Crippen molar-refractivity contribution in [1.29, 1.82) is 0 Å². The largest absolute Gasteiger partial charge is 0.299 e. The van der Waals surface area contributed by atoms with Crippen LogP contribution in [0.1, 0.15) is 31.2 Å². The number of benzene rings is 1. The van der Waals surface area contributed by atoms with Gasteiger partial charge in [-0.2, -0.15) is 0 Å². The summed E-state index contributed by atoms with van der Waals surface area (Å²) in [6, 6.07) is 10.1. The van der Waals surface area contributed by atoms with E-state index < -0.39 is 0 Å². The van der Waals surface area contributed by atoms with Crippen LogP contribution in [0, 0.1) is 11.8 Å². The van der Waals surface area contributed by atoms with Crippen LogP contribution in [-0.2, 0) is 4.79 Å². The Kier molecular flexibility index (Phi) is 7.86. The van der Waals surface area contributed by atoms with Gasteiger partial charge in [-0.25, -0.2) is 0 Å². The van der Waals surface area contributed by atoms with Crippen LogP contribution in [-0.4, -0.2) is 6.29 Å². The zero-order chi connectivity index (χ0) is 12.9. The highest BCUT2D eigenvalue weighted by Gasteiger charge is 1.83. The van der Waals surface area contributed by atoms with E-state index in [0.29, 0.717) is 0 Å². The van der Waals surface area contributed by atoms with Crippen LogP contribution in [0.15, 0.2) is 48.6 Å². The van der Waals surface area contributed by atoms with Crippen molar-refractivity contribution in [2.24, 2.45) is 0 Å². The first-order valence-electron chi connectivity index (χ1n) is 6.24. The van der Waals surface area contributed by atoms with Crippen LogP contribution in [0.5, 0.6) is 0 Å². The van der Waals surface area contributed by atoms with Crippen molar-refractivity contribution >= 4 is 12.4 Å². The lowest BCUT2D eigenvalue weighted by Gasteiger charge is -1.89. The second kappa shape index (κ2) is 10.1. The Bertz CT molecular complexity index is 443. The Morgan fingerprint density at radius 3 is 2.72 bits per heavy atom. The summed E-state index contributed by atoms with van der Waals surface area (Å²) in [5.41, 5.74) is 1.17. The molecule has 92 valence electrons. The molecule has 0 heterocycles. The molecule has 1 aromatic rings. The number of hydrogen-bond donors (Lipinski definition) is 0. The van der Waals surface area contributed by atoms with E-state index in [-0.39, 0.29) is 0 Å². The number of rotatable bonds is 6. The van der Waals surface area contributed by atoms with E-state index in [0.717, 1.165) is 32.0 Å². The van der Waals surface area contributed by atoms with Crippen molar-refractivity contribution < 1.29 is 4.79 Å². The molecule has 1 heteroatoms. The van der Waals surface area contributed by atoms with Gasteiger partial charge in [-0.05, 0) is 43.1 Å². The summed E-state index contributed by atoms with van der Waals surface area (Å²) in [6.07, 6.45) is 12.2. The third kappa shape index (κ3) is 7.24. The Hall–Kier alpha value is -2.07. The lowest BCUT2D eigenvalue weighted by molar-refractivity contribution is -0.104. The topological polar surface area (TPSA) is 17.1 Å². The summed E-state index contributed by atoms with van der Waals surface area (Å²) in [4.78, 5) is 10.0. The standard InChI is InChI=1S/C17H18O/c18-16-12-7-5-3-1-2-4-6-9-13-17-14-10-8-11-15-17/h7-16H,1-3,5H2/b12-7+,13-9+. The van der Waals surface area contributed by atoms with Crippen molar-refractivity contribution in [1.82, 2.24) is 0 Å². The average Bonchev–Trinajstić information content (AvgIpc) is 2.42. The molecule has 0 unspecified atom stereocenters. The van der Waals surface area contributed by atoms with Crippen LogP contribution in [0.4, 0.5) is 0 Å². The van der Waals surface area contributed by atoms with E-state index in [9.17, 15) is 4.79 Å². The molecule has 0 fully saturated rings. The normalized spacial score (nSPS) is 10.4. The van der Waals surface area contributed by atoms with E-state index >= 15 is 0 Å². The maximum absolute atomic E-state index is 10.0. The molecule has 0 aliphatic rings. The quantitative estimate of drug-likeness (QED) is 0.316. The lowest BCUT2D eigenvalue weighted by atomic mass is 10.2. The Morgan fingerprint density at radius 1 is 1.11 bits per heavy atom. The molecule has 0 spiro atoms. The summed E-state index contributed by atoms with van der Waals surface area (Å²) in [5.74, 6) is 6.15. The predicted molar refractivity (Wildman–Crippen MR) is 76.9 cm³/mol. The summed E-state index contributed by atoms with van der Waals surface area (Å²) in [5, 5.41) is 0. The molecule has 0 saturated carbocycles. The van der Waals surface area contributed by atoms with Crippen molar-refractivity contribution in [3.05, 3.63) is 54.1 Å². The van der Waals surface area contributed by atoms with Gasteiger partial charge in [-0.1, -0.05) is 48.2 Å². The third-order valence-corrected chi connectivity index (χ3v) is 2.40.